The number of pyridine rings is 1. The van der Waals surface area contributed by atoms with Crippen molar-refractivity contribution in [1.82, 2.24) is 9.97 Å². The lowest BCUT2D eigenvalue weighted by atomic mass is 9.97. The largest absolute Gasteiger partial charge is 0.398 e. The number of hydrogen-bond acceptors (Lipinski definition) is 5. The number of hydrogen-bond donors (Lipinski definition) is 4. The number of nitrogens with zero attached hydrogens (tertiary/aromatic N) is 2. The Bertz CT molecular complexity index is 1230. The van der Waals surface area contributed by atoms with Gasteiger partial charge in [-0.05, 0) is 35.9 Å². The molecule has 144 valence electrons. The van der Waals surface area contributed by atoms with Crippen LogP contribution in [0, 0.1) is 5.41 Å². The molecule has 2 aromatic heterocycles. The van der Waals surface area contributed by atoms with Gasteiger partial charge in [-0.3, -0.25) is 4.79 Å². The molecule has 0 saturated heterocycles. The molecule has 0 aliphatic carbocycles. The number of anilines is 3. The number of nitrogens with two attached hydrogens (primary N) is 2. The molecule has 0 aliphatic heterocycles. The Balaban J connectivity index is 1.86. The molecule has 2 heterocycles. The molecule has 0 spiro atoms. The van der Waals surface area contributed by atoms with Crippen molar-refractivity contribution in [2.45, 2.75) is 0 Å². The maximum Gasteiger partial charge on any atom is 0.260 e. The number of carbonyl (C=O) groups is 1. The molecule has 7 nitrogen and oxygen atoms in total. The lowest BCUT2D eigenvalue weighted by molar-refractivity contribution is 0.0994. The first-order chi connectivity index (χ1) is 14.0. The quantitative estimate of drug-likeness (QED) is 0.316. The van der Waals surface area contributed by atoms with Gasteiger partial charge in [-0.15, -0.1) is 0 Å². The summed E-state index contributed by atoms with van der Waals surface area (Å²) in [6.07, 6.45) is 4.65. The highest BCUT2D eigenvalue weighted by Crippen LogP contribution is 2.33. The van der Waals surface area contributed by atoms with Crippen LogP contribution in [0.25, 0.3) is 22.0 Å². The summed E-state index contributed by atoms with van der Waals surface area (Å²) in [6, 6.07) is 14.7. The molecule has 4 rings (SSSR count). The number of para-hydroxylation sites is 1. The Morgan fingerprint density at radius 3 is 2.66 bits per heavy atom. The Kier molecular flexibility index (Phi) is 4.48. The maximum absolute atomic E-state index is 13.2. The highest BCUT2D eigenvalue weighted by atomic mass is 16.2. The Morgan fingerprint density at radius 2 is 1.93 bits per heavy atom. The van der Waals surface area contributed by atoms with Crippen molar-refractivity contribution in [3.05, 3.63) is 72.1 Å². The minimum absolute atomic E-state index is 0.250. The van der Waals surface area contributed by atoms with E-state index in [2.05, 4.69) is 9.97 Å². The van der Waals surface area contributed by atoms with Gasteiger partial charge in [0.25, 0.3) is 5.91 Å². The third-order valence-corrected chi connectivity index (χ3v) is 4.94. The first kappa shape index (κ1) is 18.2. The smallest absolute Gasteiger partial charge is 0.260 e. The van der Waals surface area contributed by atoms with E-state index < -0.39 is 0 Å². The van der Waals surface area contributed by atoms with E-state index in [0.717, 1.165) is 33.9 Å². The van der Waals surface area contributed by atoms with E-state index in [1.165, 1.54) is 0 Å². The SMILES string of the molecule is CN(C(=O)c1cc(-c2c[nH]c3cnc(N)cc23)cc(C=N)c1N)c1ccccc1. The summed E-state index contributed by atoms with van der Waals surface area (Å²) in [4.78, 5) is 22.0. The van der Waals surface area contributed by atoms with Crippen molar-refractivity contribution in [2.24, 2.45) is 0 Å². The van der Waals surface area contributed by atoms with Crippen LogP contribution in [0.2, 0.25) is 0 Å². The van der Waals surface area contributed by atoms with Gasteiger partial charge in [0.05, 0.1) is 23.0 Å². The Labute approximate surface area is 167 Å². The van der Waals surface area contributed by atoms with Crippen molar-refractivity contribution < 1.29 is 4.79 Å². The van der Waals surface area contributed by atoms with Crippen LogP contribution in [0.4, 0.5) is 17.2 Å². The van der Waals surface area contributed by atoms with Crippen LogP contribution in [0.1, 0.15) is 15.9 Å². The molecular weight excluding hydrogens is 364 g/mol. The standard InChI is InChI=1S/C22H20N6O/c1-28(15-5-3-2-4-6-15)22(29)17-8-13(7-14(10-23)21(17)25)18-11-26-19-12-27-20(24)9-16(18)19/h2-12,23,26H,25H2,1H3,(H2,24,27). The van der Waals surface area contributed by atoms with Crippen molar-refractivity contribution in [1.29, 1.82) is 5.41 Å². The van der Waals surface area contributed by atoms with Crippen molar-refractivity contribution >= 4 is 40.2 Å². The van der Waals surface area contributed by atoms with Crippen LogP contribution < -0.4 is 16.4 Å². The monoisotopic (exact) mass is 384 g/mol. The Morgan fingerprint density at radius 1 is 1.17 bits per heavy atom. The summed E-state index contributed by atoms with van der Waals surface area (Å²) in [6.45, 7) is 0. The molecule has 0 bridgehead atoms. The van der Waals surface area contributed by atoms with Crippen LogP contribution >= 0.6 is 0 Å². The molecule has 0 aliphatic rings. The maximum atomic E-state index is 13.2. The highest BCUT2D eigenvalue weighted by molar-refractivity contribution is 6.12. The van der Waals surface area contributed by atoms with E-state index >= 15 is 0 Å². The molecule has 2 aromatic carbocycles. The van der Waals surface area contributed by atoms with Crippen LogP contribution in [-0.4, -0.2) is 29.1 Å². The van der Waals surface area contributed by atoms with E-state index in [1.807, 2.05) is 36.5 Å². The molecule has 6 N–H and O–H groups in total. The van der Waals surface area contributed by atoms with Crippen LogP contribution in [0.3, 0.4) is 0 Å². The number of nitrogens with one attached hydrogen (secondary N) is 2. The number of benzene rings is 2. The zero-order valence-electron chi connectivity index (χ0n) is 15.8. The van der Waals surface area contributed by atoms with Crippen molar-refractivity contribution in [3.63, 3.8) is 0 Å². The molecule has 0 unspecified atom stereocenters. The minimum Gasteiger partial charge on any atom is -0.398 e. The van der Waals surface area contributed by atoms with Gasteiger partial charge < -0.3 is 26.8 Å². The first-order valence-electron chi connectivity index (χ1n) is 8.99. The Hall–Kier alpha value is -4.13. The fourth-order valence-corrected chi connectivity index (χ4v) is 3.35. The number of carbonyl (C=O) groups excluding carboxylic acids is 1. The van der Waals surface area contributed by atoms with Gasteiger partial charge in [0.15, 0.2) is 0 Å². The summed E-state index contributed by atoms with van der Waals surface area (Å²) < 4.78 is 0. The second kappa shape index (κ2) is 7.12. The third kappa shape index (κ3) is 3.19. The van der Waals surface area contributed by atoms with E-state index in [0.29, 0.717) is 16.9 Å². The van der Waals surface area contributed by atoms with Gasteiger partial charge in [0, 0.05) is 41.7 Å². The summed E-state index contributed by atoms with van der Waals surface area (Å²) in [5, 5.41) is 8.63. The number of rotatable bonds is 4. The van der Waals surface area contributed by atoms with Gasteiger partial charge in [-0.2, -0.15) is 0 Å². The second-order valence-electron chi connectivity index (χ2n) is 6.73. The second-order valence-corrected chi connectivity index (χ2v) is 6.73. The number of aromatic nitrogens is 2. The molecule has 4 aromatic rings. The van der Waals surface area contributed by atoms with Crippen LogP contribution in [0.15, 0.2) is 60.9 Å². The fraction of sp³-hybridized carbons (Fsp3) is 0.0455. The molecular formula is C22H20N6O. The van der Waals surface area contributed by atoms with E-state index in [4.69, 9.17) is 16.9 Å². The van der Waals surface area contributed by atoms with Gasteiger partial charge in [0.1, 0.15) is 5.82 Å². The number of nitrogen functional groups attached to an aromatic ring is 2. The molecule has 1 amide bonds. The molecule has 0 fully saturated rings. The lowest BCUT2D eigenvalue weighted by Gasteiger charge is -2.19. The van der Waals surface area contributed by atoms with Crippen molar-refractivity contribution in [3.8, 4) is 11.1 Å². The van der Waals surface area contributed by atoms with Crippen molar-refractivity contribution in [2.75, 3.05) is 23.4 Å². The topological polar surface area (TPSA) is 125 Å². The number of fused-ring (bicyclic) bond motifs is 1. The fourth-order valence-electron chi connectivity index (χ4n) is 3.35. The lowest BCUT2D eigenvalue weighted by Crippen LogP contribution is -2.27. The first-order valence-corrected chi connectivity index (χ1v) is 8.99. The average molecular weight is 384 g/mol. The predicted octanol–water partition coefficient (Wildman–Crippen LogP) is 3.67. The summed E-state index contributed by atoms with van der Waals surface area (Å²) in [5.41, 5.74) is 16.4. The van der Waals surface area contributed by atoms with Gasteiger partial charge >= 0.3 is 0 Å². The third-order valence-electron chi connectivity index (χ3n) is 4.94. The number of H-pyrrole nitrogens is 1. The summed E-state index contributed by atoms with van der Waals surface area (Å²) >= 11 is 0. The van der Waals surface area contributed by atoms with Crippen LogP contribution in [0.5, 0.6) is 0 Å². The number of amides is 1. The van der Waals surface area contributed by atoms with E-state index in [9.17, 15) is 4.79 Å². The van der Waals surface area contributed by atoms with Crippen LogP contribution in [-0.2, 0) is 0 Å². The molecule has 0 radical (unpaired) electrons. The highest BCUT2D eigenvalue weighted by Gasteiger charge is 2.20. The molecule has 29 heavy (non-hydrogen) atoms. The molecule has 0 atom stereocenters. The summed E-state index contributed by atoms with van der Waals surface area (Å²) in [7, 11) is 1.70. The minimum atomic E-state index is -0.250. The average Bonchev–Trinajstić information content (AvgIpc) is 3.16. The zero-order valence-corrected chi connectivity index (χ0v) is 15.8. The molecule has 0 saturated carbocycles. The van der Waals surface area contributed by atoms with E-state index in [-0.39, 0.29) is 11.6 Å². The van der Waals surface area contributed by atoms with E-state index in [1.54, 1.807) is 36.3 Å². The normalized spacial score (nSPS) is 10.8. The predicted molar refractivity (Wildman–Crippen MR) is 117 cm³/mol. The van der Waals surface area contributed by atoms with Gasteiger partial charge in [-0.1, -0.05) is 18.2 Å². The molecule has 7 heteroatoms. The zero-order chi connectivity index (χ0) is 20.5. The number of aromatic amines is 1. The summed E-state index contributed by atoms with van der Waals surface area (Å²) in [5.74, 6) is 0.154. The van der Waals surface area contributed by atoms with Gasteiger partial charge in [-0.25, -0.2) is 4.98 Å². The van der Waals surface area contributed by atoms with Gasteiger partial charge in [0.2, 0.25) is 0 Å².